The smallest absolute Gasteiger partial charge is 0.254 e. The number of nitrogens with one attached hydrogen (secondary N) is 1. The third-order valence-electron chi connectivity index (χ3n) is 6.96. The summed E-state index contributed by atoms with van der Waals surface area (Å²) < 4.78 is 11.1. The van der Waals surface area contributed by atoms with E-state index in [0.717, 1.165) is 70.6 Å². The van der Waals surface area contributed by atoms with E-state index in [0.29, 0.717) is 28.5 Å². The molecular formula is C28H40N8O3. The molecule has 1 aliphatic heterocycles. The van der Waals surface area contributed by atoms with Gasteiger partial charge in [-0.05, 0) is 52.6 Å². The molecule has 5 rings (SSSR count). The van der Waals surface area contributed by atoms with Crippen LogP contribution in [0.5, 0.6) is 5.75 Å². The Morgan fingerprint density at radius 3 is 2.28 bits per heavy atom. The van der Waals surface area contributed by atoms with E-state index in [1.54, 1.807) is 36.9 Å². The SMILES string of the molecule is CCOCC.CN1CCN(c2ncc(C(=O)NC3CCC(Oc4cc(N)cc5nccnc45)CC3)cn2)CC1. The molecule has 0 unspecified atom stereocenters. The predicted octanol–water partition coefficient (Wildman–Crippen LogP) is 2.92. The summed E-state index contributed by atoms with van der Waals surface area (Å²) in [7, 11) is 2.11. The van der Waals surface area contributed by atoms with Gasteiger partial charge in [0, 0.05) is 82.0 Å². The van der Waals surface area contributed by atoms with Crippen LogP contribution in [0, 0.1) is 0 Å². The van der Waals surface area contributed by atoms with Crippen LogP contribution in [0.15, 0.2) is 36.9 Å². The molecule has 2 fully saturated rings. The van der Waals surface area contributed by atoms with Crippen LogP contribution in [0.2, 0.25) is 0 Å². The third kappa shape index (κ3) is 7.96. The second-order valence-corrected chi connectivity index (χ2v) is 9.85. The standard InChI is InChI=1S/C24H30N8O2.C4H10O/c1-31-8-10-32(11-9-31)24-28-14-16(15-29-24)23(33)30-18-2-4-19(5-3-18)34-21-13-17(25)12-20-22(21)27-7-6-26-20;1-3-5-4-2/h6-7,12-15,18-19H,2-5,8-11,25H2,1H3,(H,30,33);3-4H2,1-2H3. The van der Waals surface area contributed by atoms with E-state index < -0.39 is 0 Å². The van der Waals surface area contributed by atoms with Gasteiger partial charge in [0.05, 0.1) is 17.2 Å². The molecule has 2 aliphatic rings. The molecule has 2 aromatic heterocycles. The molecule has 0 atom stereocenters. The first-order chi connectivity index (χ1) is 19.0. The van der Waals surface area contributed by atoms with E-state index >= 15 is 0 Å². The zero-order chi connectivity index (χ0) is 27.6. The van der Waals surface area contributed by atoms with Crippen molar-refractivity contribution in [2.45, 2.75) is 51.7 Å². The van der Waals surface area contributed by atoms with Gasteiger partial charge in [0.15, 0.2) is 0 Å². The van der Waals surface area contributed by atoms with Crippen molar-refractivity contribution >= 4 is 28.6 Å². The fourth-order valence-corrected chi connectivity index (χ4v) is 4.74. The zero-order valence-electron chi connectivity index (χ0n) is 23.2. The number of rotatable bonds is 7. The topological polar surface area (TPSA) is 132 Å². The van der Waals surface area contributed by atoms with Gasteiger partial charge in [-0.3, -0.25) is 9.78 Å². The van der Waals surface area contributed by atoms with Crippen LogP contribution in [-0.2, 0) is 4.74 Å². The average molecular weight is 537 g/mol. The number of benzene rings is 1. The van der Waals surface area contributed by atoms with Crippen molar-refractivity contribution in [3.63, 3.8) is 0 Å². The number of carbonyl (C=O) groups excluding carboxylic acids is 1. The number of hydrogen-bond acceptors (Lipinski definition) is 10. The Balaban J connectivity index is 0.000000648. The first-order valence-corrected chi connectivity index (χ1v) is 13.8. The Morgan fingerprint density at radius 1 is 0.974 bits per heavy atom. The van der Waals surface area contributed by atoms with Gasteiger partial charge in [-0.25, -0.2) is 15.0 Å². The second-order valence-electron chi connectivity index (χ2n) is 9.85. The Labute approximate surface area is 230 Å². The molecule has 0 radical (unpaired) electrons. The first-order valence-electron chi connectivity index (χ1n) is 13.8. The summed E-state index contributed by atoms with van der Waals surface area (Å²) in [5, 5.41) is 3.13. The molecule has 1 aromatic carbocycles. The van der Waals surface area contributed by atoms with Crippen LogP contribution in [0.4, 0.5) is 11.6 Å². The maximum absolute atomic E-state index is 12.7. The summed E-state index contributed by atoms with van der Waals surface area (Å²) in [6.07, 6.45) is 9.93. The lowest BCUT2D eigenvalue weighted by molar-refractivity contribution is 0.0894. The van der Waals surface area contributed by atoms with Crippen molar-refractivity contribution in [3.05, 3.63) is 42.5 Å². The minimum Gasteiger partial charge on any atom is -0.488 e. The molecule has 0 bridgehead atoms. The molecule has 39 heavy (non-hydrogen) atoms. The average Bonchev–Trinajstić information content (AvgIpc) is 2.95. The number of nitrogens with zero attached hydrogens (tertiary/aromatic N) is 6. The van der Waals surface area contributed by atoms with Gasteiger partial charge in [0.2, 0.25) is 5.95 Å². The number of nitrogen functional groups attached to an aromatic ring is 1. The lowest BCUT2D eigenvalue weighted by Crippen LogP contribution is -2.45. The number of carbonyl (C=O) groups is 1. The van der Waals surface area contributed by atoms with Gasteiger partial charge in [0.1, 0.15) is 11.3 Å². The van der Waals surface area contributed by atoms with Gasteiger partial charge in [0.25, 0.3) is 5.91 Å². The molecular weight excluding hydrogens is 496 g/mol. The van der Waals surface area contributed by atoms with Gasteiger partial charge < -0.3 is 30.3 Å². The van der Waals surface area contributed by atoms with E-state index in [4.69, 9.17) is 15.2 Å². The summed E-state index contributed by atoms with van der Waals surface area (Å²) in [5.74, 6) is 1.21. The molecule has 210 valence electrons. The molecule has 11 heteroatoms. The van der Waals surface area contributed by atoms with E-state index in [2.05, 4.69) is 42.1 Å². The molecule has 1 saturated carbocycles. The molecule has 1 saturated heterocycles. The number of nitrogens with two attached hydrogens (primary N) is 1. The lowest BCUT2D eigenvalue weighted by atomic mass is 9.92. The number of aromatic nitrogens is 4. The maximum atomic E-state index is 12.7. The third-order valence-corrected chi connectivity index (χ3v) is 6.96. The number of hydrogen-bond donors (Lipinski definition) is 2. The highest BCUT2D eigenvalue weighted by atomic mass is 16.5. The number of likely N-dealkylation sites (N-methyl/N-ethyl adjacent to an activating group) is 1. The van der Waals surface area contributed by atoms with E-state index in [9.17, 15) is 4.79 Å². The fraction of sp³-hybridized carbons (Fsp3) is 0.536. The number of anilines is 2. The Bertz CT molecular complexity index is 1190. The minimum absolute atomic E-state index is 0.0476. The Hall–Kier alpha value is -3.57. The van der Waals surface area contributed by atoms with Crippen LogP contribution in [0.3, 0.4) is 0 Å². The quantitative estimate of drug-likeness (QED) is 0.435. The largest absolute Gasteiger partial charge is 0.488 e. The normalized spacial score (nSPS) is 19.7. The zero-order valence-corrected chi connectivity index (χ0v) is 23.2. The van der Waals surface area contributed by atoms with Crippen LogP contribution < -0.4 is 20.7 Å². The van der Waals surface area contributed by atoms with Crippen LogP contribution in [-0.4, -0.2) is 89.3 Å². The van der Waals surface area contributed by atoms with E-state index in [1.807, 2.05) is 13.8 Å². The molecule has 0 spiro atoms. The molecule has 3 heterocycles. The van der Waals surface area contributed by atoms with Crippen molar-refractivity contribution in [2.24, 2.45) is 0 Å². The Kier molecular flexibility index (Phi) is 10.2. The van der Waals surface area contributed by atoms with Gasteiger partial charge >= 0.3 is 0 Å². The van der Waals surface area contributed by atoms with Gasteiger partial charge in [-0.15, -0.1) is 0 Å². The fourth-order valence-electron chi connectivity index (χ4n) is 4.74. The maximum Gasteiger partial charge on any atom is 0.254 e. The van der Waals surface area contributed by atoms with Crippen molar-refractivity contribution in [2.75, 3.05) is 57.1 Å². The van der Waals surface area contributed by atoms with E-state index in [1.165, 1.54) is 0 Å². The van der Waals surface area contributed by atoms with Crippen molar-refractivity contribution in [1.29, 1.82) is 0 Å². The molecule has 11 nitrogen and oxygen atoms in total. The highest BCUT2D eigenvalue weighted by molar-refractivity contribution is 5.93. The summed E-state index contributed by atoms with van der Waals surface area (Å²) >= 11 is 0. The number of amides is 1. The second kappa shape index (κ2) is 14.0. The van der Waals surface area contributed by atoms with Crippen molar-refractivity contribution in [3.8, 4) is 5.75 Å². The summed E-state index contributed by atoms with van der Waals surface area (Å²) in [6, 6.07) is 3.70. The monoisotopic (exact) mass is 536 g/mol. The number of piperazine rings is 1. The minimum atomic E-state index is -0.133. The predicted molar refractivity (Wildman–Crippen MR) is 152 cm³/mol. The number of fused-ring (bicyclic) bond motifs is 1. The number of ether oxygens (including phenoxy) is 2. The highest BCUT2D eigenvalue weighted by Gasteiger charge is 2.25. The van der Waals surface area contributed by atoms with Crippen LogP contribution in [0.1, 0.15) is 49.9 Å². The van der Waals surface area contributed by atoms with Crippen LogP contribution >= 0.6 is 0 Å². The van der Waals surface area contributed by atoms with Crippen LogP contribution in [0.25, 0.3) is 11.0 Å². The summed E-state index contributed by atoms with van der Waals surface area (Å²) in [5.41, 5.74) is 8.53. The Morgan fingerprint density at radius 2 is 1.64 bits per heavy atom. The van der Waals surface area contributed by atoms with Gasteiger partial charge in [-0.1, -0.05) is 0 Å². The highest BCUT2D eigenvalue weighted by Crippen LogP contribution is 2.30. The first kappa shape index (κ1) is 28.4. The van der Waals surface area contributed by atoms with E-state index in [-0.39, 0.29) is 18.1 Å². The summed E-state index contributed by atoms with van der Waals surface area (Å²) in [4.78, 5) is 34.7. The molecule has 1 amide bonds. The van der Waals surface area contributed by atoms with Crippen molar-refractivity contribution < 1.29 is 14.3 Å². The van der Waals surface area contributed by atoms with Gasteiger partial charge in [-0.2, -0.15) is 0 Å². The summed E-state index contributed by atoms with van der Waals surface area (Å²) in [6.45, 7) is 9.43. The molecule has 3 N–H and O–H groups in total. The molecule has 1 aliphatic carbocycles. The van der Waals surface area contributed by atoms with Crippen molar-refractivity contribution in [1.82, 2.24) is 30.2 Å². The lowest BCUT2D eigenvalue weighted by Gasteiger charge is -2.32. The molecule has 3 aromatic rings.